The van der Waals surface area contributed by atoms with Crippen molar-refractivity contribution in [1.82, 2.24) is 15.2 Å². The Labute approximate surface area is 208 Å². The first-order chi connectivity index (χ1) is 17.6. The van der Waals surface area contributed by atoms with Gasteiger partial charge in [0.1, 0.15) is 5.82 Å². The third kappa shape index (κ3) is 5.34. The Morgan fingerprint density at radius 2 is 1.84 bits per heavy atom. The van der Waals surface area contributed by atoms with E-state index in [4.69, 9.17) is 9.52 Å². The maximum atomic E-state index is 12.9. The summed E-state index contributed by atoms with van der Waals surface area (Å²) in [5.74, 6) is -1.25. The number of carboxylic acid groups (broad SMARTS) is 1. The second kappa shape index (κ2) is 9.37. The molecule has 1 saturated heterocycles. The Kier molecular flexibility index (Phi) is 6.21. The SMILES string of the molecule is O=C(Nc1ccc(N2CCC3(CC2)CC(C(=O)O)C3)nc1)c1nnc(Nc2cccc(C(F)(F)F)c2)o1. The summed E-state index contributed by atoms with van der Waals surface area (Å²) in [4.78, 5) is 30.1. The van der Waals surface area contributed by atoms with Crippen molar-refractivity contribution in [3.63, 3.8) is 0 Å². The molecule has 1 amide bonds. The van der Waals surface area contributed by atoms with Gasteiger partial charge in [-0.15, -0.1) is 5.10 Å². The van der Waals surface area contributed by atoms with Gasteiger partial charge in [0.05, 0.1) is 23.4 Å². The average Bonchev–Trinajstić information content (AvgIpc) is 3.31. The molecule has 1 aromatic carbocycles. The van der Waals surface area contributed by atoms with Gasteiger partial charge in [0.25, 0.3) is 0 Å². The van der Waals surface area contributed by atoms with E-state index in [9.17, 15) is 22.8 Å². The first-order valence-corrected chi connectivity index (χ1v) is 11.6. The Morgan fingerprint density at radius 3 is 2.49 bits per heavy atom. The van der Waals surface area contributed by atoms with Crippen LogP contribution in [0.2, 0.25) is 0 Å². The largest absolute Gasteiger partial charge is 0.481 e. The Morgan fingerprint density at radius 1 is 1.08 bits per heavy atom. The van der Waals surface area contributed by atoms with Gasteiger partial charge in [0, 0.05) is 18.8 Å². The van der Waals surface area contributed by atoms with Gasteiger partial charge >= 0.3 is 30.0 Å². The highest BCUT2D eigenvalue weighted by atomic mass is 19.4. The molecule has 13 heteroatoms. The number of halogens is 3. The van der Waals surface area contributed by atoms with Crippen LogP contribution in [0, 0.1) is 11.3 Å². The van der Waals surface area contributed by atoms with Crippen LogP contribution in [0.4, 0.5) is 36.4 Å². The third-order valence-corrected chi connectivity index (χ3v) is 6.92. The van der Waals surface area contributed by atoms with Gasteiger partial charge in [-0.25, -0.2) is 4.98 Å². The summed E-state index contributed by atoms with van der Waals surface area (Å²) in [5.41, 5.74) is -0.235. The quantitative estimate of drug-likeness (QED) is 0.431. The number of amides is 1. The van der Waals surface area contributed by atoms with Crippen molar-refractivity contribution >= 4 is 35.1 Å². The molecule has 2 aliphatic rings. The first-order valence-electron chi connectivity index (χ1n) is 11.6. The van der Waals surface area contributed by atoms with Gasteiger partial charge in [0.15, 0.2) is 0 Å². The predicted octanol–water partition coefficient (Wildman–Crippen LogP) is 4.56. The van der Waals surface area contributed by atoms with E-state index in [0.29, 0.717) is 5.69 Å². The van der Waals surface area contributed by atoms with E-state index in [1.807, 2.05) is 0 Å². The van der Waals surface area contributed by atoms with Gasteiger partial charge in [-0.05, 0) is 61.4 Å². The van der Waals surface area contributed by atoms with Gasteiger partial charge in [-0.1, -0.05) is 11.2 Å². The molecule has 37 heavy (non-hydrogen) atoms. The normalized spacial score (nSPS) is 17.3. The summed E-state index contributed by atoms with van der Waals surface area (Å²) in [5, 5.41) is 21.6. The number of nitrogens with one attached hydrogen (secondary N) is 2. The van der Waals surface area contributed by atoms with E-state index >= 15 is 0 Å². The van der Waals surface area contributed by atoms with Crippen LogP contribution < -0.4 is 15.5 Å². The Bertz CT molecular complexity index is 1290. The lowest BCUT2D eigenvalue weighted by Crippen LogP contribution is -2.49. The molecule has 194 valence electrons. The molecule has 0 radical (unpaired) electrons. The summed E-state index contributed by atoms with van der Waals surface area (Å²) in [6.45, 7) is 1.57. The number of anilines is 4. The van der Waals surface area contributed by atoms with Crippen molar-refractivity contribution in [2.24, 2.45) is 11.3 Å². The molecule has 1 aliphatic carbocycles. The van der Waals surface area contributed by atoms with Crippen LogP contribution in [-0.4, -0.2) is 45.3 Å². The highest BCUT2D eigenvalue weighted by Crippen LogP contribution is 2.52. The summed E-state index contributed by atoms with van der Waals surface area (Å²) in [6.07, 6.45) is 0.317. The number of piperidine rings is 1. The maximum absolute atomic E-state index is 12.9. The molecule has 1 aliphatic heterocycles. The van der Waals surface area contributed by atoms with E-state index in [1.54, 1.807) is 12.1 Å². The molecule has 0 unspecified atom stereocenters. The second-order valence-corrected chi connectivity index (χ2v) is 9.41. The number of carbonyl (C=O) groups is 2. The number of hydrogen-bond donors (Lipinski definition) is 3. The number of nitrogens with zero attached hydrogens (tertiary/aromatic N) is 4. The summed E-state index contributed by atoms with van der Waals surface area (Å²) in [7, 11) is 0. The molecule has 3 heterocycles. The van der Waals surface area contributed by atoms with Crippen LogP contribution in [0.1, 0.15) is 41.9 Å². The van der Waals surface area contributed by atoms with Crippen LogP contribution >= 0.6 is 0 Å². The number of aliphatic carboxylic acids is 1. The van der Waals surface area contributed by atoms with Crippen molar-refractivity contribution in [3.8, 4) is 0 Å². The van der Waals surface area contributed by atoms with Crippen LogP contribution in [0.25, 0.3) is 0 Å². The average molecular weight is 516 g/mol. The second-order valence-electron chi connectivity index (χ2n) is 9.41. The third-order valence-electron chi connectivity index (χ3n) is 6.92. The maximum Gasteiger partial charge on any atom is 0.416 e. The lowest BCUT2D eigenvalue weighted by atomic mass is 9.57. The van der Waals surface area contributed by atoms with Gasteiger partial charge in [-0.2, -0.15) is 13.2 Å². The van der Waals surface area contributed by atoms with Crippen LogP contribution in [-0.2, 0) is 11.0 Å². The summed E-state index contributed by atoms with van der Waals surface area (Å²) >= 11 is 0. The fourth-order valence-electron chi connectivity index (χ4n) is 4.87. The van der Waals surface area contributed by atoms with Gasteiger partial charge in [-0.3, -0.25) is 9.59 Å². The first kappa shape index (κ1) is 24.5. The number of benzene rings is 1. The number of carbonyl (C=O) groups excluding carboxylic acids is 1. The molecule has 0 atom stereocenters. The van der Waals surface area contributed by atoms with E-state index < -0.39 is 23.6 Å². The minimum atomic E-state index is -4.50. The number of aromatic nitrogens is 3. The van der Waals surface area contributed by atoms with E-state index in [1.165, 1.54) is 18.3 Å². The molecule has 2 fully saturated rings. The molecule has 10 nitrogen and oxygen atoms in total. The van der Waals surface area contributed by atoms with Gasteiger partial charge < -0.3 is 25.1 Å². The molecule has 2 aromatic heterocycles. The van der Waals surface area contributed by atoms with Crippen LogP contribution in [0.15, 0.2) is 47.0 Å². The summed E-state index contributed by atoms with van der Waals surface area (Å²) in [6, 6.07) is 7.68. The molecule has 5 rings (SSSR count). The molecule has 3 N–H and O–H groups in total. The number of hydrogen-bond acceptors (Lipinski definition) is 8. The zero-order chi connectivity index (χ0) is 26.2. The Balaban J connectivity index is 1.14. The van der Waals surface area contributed by atoms with Crippen molar-refractivity contribution in [1.29, 1.82) is 0 Å². The lowest BCUT2D eigenvalue weighted by Gasteiger charge is -2.51. The van der Waals surface area contributed by atoms with Crippen molar-refractivity contribution in [2.75, 3.05) is 28.6 Å². The standard InChI is InChI=1S/C24H23F3N6O4/c25-24(26,27)15-2-1-3-16(10-15)30-22-32-31-20(37-22)19(34)29-17-4-5-18(28-13-17)33-8-6-23(7-9-33)11-14(12-23)21(35)36/h1-5,10,13-14H,6-9,11-12H2,(H,29,34)(H,30,32)(H,35,36). The van der Waals surface area contributed by atoms with Crippen molar-refractivity contribution in [3.05, 3.63) is 54.0 Å². The topological polar surface area (TPSA) is 133 Å². The van der Waals surface area contributed by atoms with Crippen LogP contribution in [0.5, 0.6) is 0 Å². The predicted molar refractivity (Wildman–Crippen MR) is 125 cm³/mol. The smallest absolute Gasteiger partial charge is 0.416 e. The van der Waals surface area contributed by atoms with E-state index in [-0.39, 0.29) is 28.9 Å². The van der Waals surface area contributed by atoms with E-state index in [0.717, 1.165) is 56.7 Å². The van der Waals surface area contributed by atoms with Crippen LogP contribution in [0.3, 0.4) is 0 Å². The minimum Gasteiger partial charge on any atom is -0.481 e. The fourth-order valence-corrected chi connectivity index (χ4v) is 4.87. The highest BCUT2D eigenvalue weighted by Gasteiger charge is 2.48. The fraction of sp³-hybridized carbons (Fsp3) is 0.375. The highest BCUT2D eigenvalue weighted by molar-refractivity contribution is 6.00. The molecule has 3 aromatic rings. The van der Waals surface area contributed by atoms with Crippen molar-refractivity contribution < 1.29 is 32.3 Å². The van der Waals surface area contributed by atoms with Crippen molar-refractivity contribution in [2.45, 2.75) is 31.9 Å². The molecule has 0 bridgehead atoms. The van der Waals surface area contributed by atoms with E-state index in [2.05, 4.69) is 30.7 Å². The zero-order valence-electron chi connectivity index (χ0n) is 19.5. The molecular weight excluding hydrogens is 493 g/mol. The number of alkyl halides is 3. The Hall–Kier alpha value is -4.16. The number of rotatable bonds is 6. The lowest BCUT2D eigenvalue weighted by molar-refractivity contribution is -0.151. The monoisotopic (exact) mass is 516 g/mol. The number of pyridine rings is 1. The van der Waals surface area contributed by atoms with Gasteiger partial charge in [0.2, 0.25) is 0 Å². The number of carboxylic acids is 1. The minimum absolute atomic E-state index is 0.0767. The molecule has 1 spiro atoms. The molecular formula is C24H23F3N6O4. The molecule has 1 saturated carbocycles. The summed E-state index contributed by atoms with van der Waals surface area (Å²) < 4.78 is 43.9. The zero-order valence-corrected chi connectivity index (χ0v) is 19.5.